The molecule has 0 bridgehead atoms. The van der Waals surface area contributed by atoms with E-state index >= 15 is 0 Å². The molecule has 1 amide bonds. The number of likely N-dealkylation sites (N-methyl/N-ethyl adjacent to an activating group) is 1. The molecule has 25 heavy (non-hydrogen) atoms. The predicted molar refractivity (Wildman–Crippen MR) is 96.7 cm³/mol. The molecule has 0 aromatic carbocycles. The van der Waals surface area contributed by atoms with Gasteiger partial charge < -0.3 is 19.9 Å². The summed E-state index contributed by atoms with van der Waals surface area (Å²) in [5, 5.41) is 3.22. The van der Waals surface area contributed by atoms with Crippen LogP contribution in [-0.2, 0) is 22.5 Å². The monoisotopic (exact) mass is 347 g/mol. The number of anilines is 1. The number of hydrogen-bond acceptors (Lipinski definition) is 6. The van der Waals surface area contributed by atoms with E-state index in [1.807, 2.05) is 11.9 Å². The number of methoxy groups -OCH3 is 1. The Morgan fingerprint density at radius 1 is 1.36 bits per heavy atom. The number of aromatic nitrogens is 2. The molecule has 0 saturated carbocycles. The average Bonchev–Trinajstić information content (AvgIpc) is 2.64. The number of likely N-dealkylation sites (tertiary alicyclic amines) is 1. The largest absolute Gasteiger partial charge is 0.384 e. The minimum absolute atomic E-state index is 0.132. The van der Waals surface area contributed by atoms with Crippen molar-refractivity contribution in [3.05, 3.63) is 17.1 Å². The molecule has 0 aliphatic carbocycles. The topological polar surface area (TPSA) is 70.6 Å². The lowest BCUT2D eigenvalue weighted by molar-refractivity contribution is -0.133. The third-order valence-corrected chi connectivity index (χ3v) is 5.18. The zero-order valence-corrected chi connectivity index (χ0v) is 15.5. The summed E-state index contributed by atoms with van der Waals surface area (Å²) in [6.07, 6.45) is 3.56. The van der Waals surface area contributed by atoms with Crippen molar-refractivity contribution in [3.8, 4) is 0 Å². The second-order valence-corrected chi connectivity index (χ2v) is 7.02. The van der Waals surface area contributed by atoms with E-state index in [0.717, 1.165) is 55.4 Å². The zero-order valence-electron chi connectivity index (χ0n) is 15.5. The van der Waals surface area contributed by atoms with Gasteiger partial charge in [-0.3, -0.25) is 4.79 Å². The summed E-state index contributed by atoms with van der Waals surface area (Å²) in [5.74, 6) is 2.36. The van der Waals surface area contributed by atoms with Gasteiger partial charge in [0.25, 0.3) is 0 Å². The zero-order chi connectivity index (χ0) is 17.8. The number of nitrogens with one attached hydrogen (secondary N) is 1. The van der Waals surface area contributed by atoms with E-state index in [0.29, 0.717) is 25.5 Å². The van der Waals surface area contributed by atoms with Crippen LogP contribution < -0.4 is 5.32 Å². The molecule has 2 aliphatic rings. The van der Waals surface area contributed by atoms with E-state index < -0.39 is 0 Å². The maximum absolute atomic E-state index is 12.3. The van der Waals surface area contributed by atoms with Gasteiger partial charge in [-0.1, -0.05) is 0 Å². The highest BCUT2D eigenvalue weighted by molar-refractivity contribution is 5.76. The van der Waals surface area contributed by atoms with Crippen molar-refractivity contribution in [1.29, 1.82) is 0 Å². The smallest absolute Gasteiger partial charge is 0.225 e. The Balaban J connectivity index is 1.80. The van der Waals surface area contributed by atoms with Crippen molar-refractivity contribution in [2.45, 2.75) is 38.1 Å². The van der Waals surface area contributed by atoms with Crippen molar-refractivity contribution < 1.29 is 9.53 Å². The third kappa shape index (κ3) is 4.10. The molecule has 7 nitrogen and oxygen atoms in total. The van der Waals surface area contributed by atoms with Crippen LogP contribution in [0.2, 0.25) is 0 Å². The third-order valence-electron chi connectivity index (χ3n) is 5.18. The Morgan fingerprint density at radius 2 is 2.20 bits per heavy atom. The van der Waals surface area contributed by atoms with Crippen LogP contribution in [-0.4, -0.2) is 73.1 Å². The van der Waals surface area contributed by atoms with Gasteiger partial charge in [0.1, 0.15) is 11.6 Å². The number of piperidine rings is 1. The first-order chi connectivity index (χ1) is 12.1. The Bertz CT molecular complexity index is 604. The van der Waals surface area contributed by atoms with Gasteiger partial charge in [0, 0.05) is 45.1 Å². The minimum Gasteiger partial charge on any atom is -0.384 e. The molecular formula is C18H29N5O2. The van der Waals surface area contributed by atoms with Crippen LogP contribution >= 0.6 is 0 Å². The van der Waals surface area contributed by atoms with Gasteiger partial charge in [-0.25, -0.2) is 9.97 Å². The molecule has 0 unspecified atom stereocenters. The van der Waals surface area contributed by atoms with E-state index in [1.54, 1.807) is 7.11 Å². The fourth-order valence-electron chi connectivity index (χ4n) is 3.76. The van der Waals surface area contributed by atoms with Crippen molar-refractivity contribution in [1.82, 2.24) is 19.8 Å². The molecule has 1 aromatic heterocycles. The van der Waals surface area contributed by atoms with Gasteiger partial charge >= 0.3 is 0 Å². The molecule has 0 spiro atoms. The molecule has 138 valence electrons. The predicted octanol–water partition coefficient (Wildman–Crippen LogP) is 1.25. The summed E-state index contributed by atoms with van der Waals surface area (Å²) >= 11 is 0. The van der Waals surface area contributed by atoms with Crippen molar-refractivity contribution in [2.75, 3.05) is 52.8 Å². The van der Waals surface area contributed by atoms with Crippen LogP contribution in [0.25, 0.3) is 0 Å². The first-order valence-corrected chi connectivity index (χ1v) is 9.15. The number of carbonyl (C=O) groups excluding carboxylic acids is 1. The summed E-state index contributed by atoms with van der Waals surface area (Å²) in [6, 6.07) is 0. The second-order valence-electron chi connectivity index (χ2n) is 7.02. The number of hydrogen-bond donors (Lipinski definition) is 1. The molecule has 3 rings (SSSR count). The quantitative estimate of drug-likeness (QED) is 0.864. The molecule has 1 saturated heterocycles. The highest BCUT2D eigenvalue weighted by Gasteiger charge is 2.28. The number of fused-ring (bicyclic) bond motifs is 1. The summed E-state index contributed by atoms with van der Waals surface area (Å²) < 4.78 is 5.02. The van der Waals surface area contributed by atoms with Crippen LogP contribution in [0.5, 0.6) is 0 Å². The normalized spacial score (nSPS) is 21.1. The van der Waals surface area contributed by atoms with Crippen LogP contribution in [0.4, 0.5) is 5.82 Å². The van der Waals surface area contributed by atoms with Gasteiger partial charge in [0.15, 0.2) is 0 Å². The summed E-state index contributed by atoms with van der Waals surface area (Å²) in [6.45, 7) is 3.94. The SMILES string of the molecule is CNc1nc([C@H]2CCCN(C)C2)nc2c1CN(C(=O)CCOC)CC2. The van der Waals surface area contributed by atoms with Gasteiger partial charge in [-0.05, 0) is 26.4 Å². The standard InChI is InChI=1S/C18H29N5O2/c1-19-18-14-12-23(16(24)7-10-25-3)9-6-15(14)20-17(21-18)13-5-4-8-22(2)11-13/h13H,4-12H2,1-3H3,(H,19,20,21)/t13-/m0/s1. The summed E-state index contributed by atoms with van der Waals surface area (Å²) in [5.41, 5.74) is 2.16. The van der Waals surface area contributed by atoms with Crippen molar-refractivity contribution in [3.63, 3.8) is 0 Å². The lowest BCUT2D eigenvalue weighted by atomic mass is 9.96. The number of ether oxygens (including phenoxy) is 1. The lowest BCUT2D eigenvalue weighted by Gasteiger charge is -2.32. The fraction of sp³-hybridized carbons (Fsp3) is 0.722. The molecule has 1 fully saturated rings. The Morgan fingerprint density at radius 3 is 2.92 bits per heavy atom. The summed E-state index contributed by atoms with van der Waals surface area (Å²) in [4.78, 5) is 26.2. The fourth-order valence-corrected chi connectivity index (χ4v) is 3.76. The first-order valence-electron chi connectivity index (χ1n) is 9.15. The van der Waals surface area contributed by atoms with Gasteiger partial charge in [0.2, 0.25) is 5.91 Å². The first kappa shape index (κ1) is 18.1. The van der Waals surface area contributed by atoms with Crippen LogP contribution in [0.3, 0.4) is 0 Å². The molecule has 3 heterocycles. The van der Waals surface area contributed by atoms with Gasteiger partial charge in [0.05, 0.1) is 25.3 Å². The molecule has 7 heteroatoms. The van der Waals surface area contributed by atoms with E-state index in [2.05, 4.69) is 17.3 Å². The van der Waals surface area contributed by atoms with E-state index in [4.69, 9.17) is 14.7 Å². The average molecular weight is 347 g/mol. The highest BCUT2D eigenvalue weighted by atomic mass is 16.5. The van der Waals surface area contributed by atoms with E-state index in [1.165, 1.54) is 6.42 Å². The Hall–Kier alpha value is -1.73. The molecule has 1 aromatic rings. The van der Waals surface area contributed by atoms with Crippen LogP contribution in [0.15, 0.2) is 0 Å². The molecule has 2 aliphatic heterocycles. The number of amides is 1. The van der Waals surface area contributed by atoms with E-state index in [9.17, 15) is 4.79 Å². The lowest BCUT2D eigenvalue weighted by Crippen LogP contribution is -2.38. The Labute approximate surface area is 149 Å². The van der Waals surface area contributed by atoms with Gasteiger partial charge in [-0.15, -0.1) is 0 Å². The number of carbonyl (C=O) groups is 1. The summed E-state index contributed by atoms with van der Waals surface area (Å²) in [7, 11) is 5.67. The second kappa shape index (κ2) is 8.10. The number of rotatable bonds is 5. The number of nitrogens with zero attached hydrogens (tertiary/aromatic N) is 4. The van der Waals surface area contributed by atoms with Gasteiger partial charge in [-0.2, -0.15) is 0 Å². The maximum Gasteiger partial charge on any atom is 0.225 e. The molecule has 0 radical (unpaired) electrons. The van der Waals surface area contributed by atoms with E-state index in [-0.39, 0.29) is 5.91 Å². The van der Waals surface area contributed by atoms with Crippen molar-refractivity contribution >= 4 is 11.7 Å². The molecule has 1 N–H and O–H groups in total. The molecule has 1 atom stereocenters. The van der Waals surface area contributed by atoms with Crippen molar-refractivity contribution in [2.24, 2.45) is 0 Å². The molecular weight excluding hydrogens is 318 g/mol. The Kier molecular flexibility index (Phi) is 5.86. The maximum atomic E-state index is 12.3. The minimum atomic E-state index is 0.132. The van der Waals surface area contributed by atoms with Crippen LogP contribution in [0.1, 0.15) is 42.3 Å². The van der Waals surface area contributed by atoms with Crippen LogP contribution in [0, 0.1) is 0 Å². The highest BCUT2D eigenvalue weighted by Crippen LogP contribution is 2.29.